The lowest BCUT2D eigenvalue weighted by molar-refractivity contribution is -0.118. The molecule has 0 aromatic carbocycles. The average molecular weight is 177 g/mol. The van der Waals surface area contributed by atoms with Gasteiger partial charge in [0.05, 0.1) is 0 Å². The van der Waals surface area contributed by atoms with Crippen LogP contribution in [0.1, 0.15) is 13.3 Å². The molecule has 0 atom stereocenters. The number of carbonyl (C=O) groups excluding carboxylic acids is 1. The Morgan fingerprint density at radius 3 is 2.45 bits per heavy atom. The summed E-state index contributed by atoms with van der Waals surface area (Å²) in [4.78, 5) is 10.4. The highest BCUT2D eigenvalue weighted by molar-refractivity contribution is 6.70. The highest BCUT2D eigenvalue weighted by atomic mass is 28.4. The van der Waals surface area contributed by atoms with Crippen molar-refractivity contribution in [2.24, 2.45) is 0 Å². The number of carbonyl (C=O) groups is 1. The van der Waals surface area contributed by atoms with Crippen molar-refractivity contribution in [3.8, 4) is 0 Å². The van der Waals surface area contributed by atoms with Crippen LogP contribution in [-0.2, 0) is 4.79 Å². The standard InChI is InChI=1S/C7H16FNOSi/c1-7(10)9-5-4-6-11(2,3)8/h4-6H2,1-3H3,(H,9,10). The first-order valence-electron chi connectivity index (χ1n) is 3.85. The Hall–Kier alpha value is -0.383. The van der Waals surface area contributed by atoms with Crippen molar-refractivity contribution in [2.45, 2.75) is 32.5 Å². The van der Waals surface area contributed by atoms with Gasteiger partial charge < -0.3 is 9.42 Å². The Labute approximate surface area is 68.4 Å². The van der Waals surface area contributed by atoms with E-state index in [0.29, 0.717) is 12.6 Å². The second kappa shape index (κ2) is 4.49. The highest BCUT2D eigenvalue weighted by Gasteiger charge is 2.18. The van der Waals surface area contributed by atoms with Crippen LogP contribution >= 0.6 is 0 Å². The van der Waals surface area contributed by atoms with Crippen LogP contribution in [0.2, 0.25) is 19.1 Å². The molecule has 2 nitrogen and oxygen atoms in total. The molecule has 0 unspecified atom stereocenters. The summed E-state index contributed by atoms with van der Waals surface area (Å²) in [5, 5.41) is 2.63. The van der Waals surface area contributed by atoms with Crippen molar-refractivity contribution in [1.29, 1.82) is 0 Å². The van der Waals surface area contributed by atoms with Crippen LogP contribution in [0.4, 0.5) is 4.11 Å². The number of amides is 1. The maximum absolute atomic E-state index is 12.9. The van der Waals surface area contributed by atoms with Gasteiger partial charge >= 0.3 is 0 Å². The average Bonchev–Trinajstić information content (AvgIpc) is 1.78. The van der Waals surface area contributed by atoms with E-state index in [1.807, 2.05) is 0 Å². The van der Waals surface area contributed by atoms with Crippen molar-refractivity contribution in [2.75, 3.05) is 6.54 Å². The van der Waals surface area contributed by atoms with Crippen LogP contribution in [0.15, 0.2) is 0 Å². The van der Waals surface area contributed by atoms with Gasteiger partial charge in [0.25, 0.3) is 0 Å². The van der Waals surface area contributed by atoms with E-state index in [9.17, 15) is 8.90 Å². The lowest BCUT2D eigenvalue weighted by Crippen LogP contribution is -2.24. The molecule has 0 rings (SSSR count). The fraction of sp³-hybridized carbons (Fsp3) is 0.857. The molecule has 0 fully saturated rings. The van der Waals surface area contributed by atoms with E-state index in [4.69, 9.17) is 0 Å². The molecule has 0 spiro atoms. The van der Waals surface area contributed by atoms with Gasteiger partial charge in [0, 0.05) is 13.5 Å². The second-order valence-corrected chi connectivity index (χ2v) is 7.24. The summed E-state index contributed by atoms with van der Waals surface area (Å²) >= 11 is 0. The summed E-state index contributed by atoms with van der Waals surface area (Å²) in [6, 6.07) is 0.632. The molecular formula is C7H16FNOSi. The van der Waals surface area contributed by atoms with Gasteiger partial charge in [-0.2, -0.15) is 0 Å². The first kappa shape index (κ1) is 10.6. The number of nitrogens with one attached hydrogen (secondary N) is 1. The van der Waals surface area contributed by atoms with Crippen LogP contribution in [0.25, 0.3) is 0 Å². The van der Waals surface area contributed by atoms with Gasteiger partial charge in [0.2, 0.25) is 14.3 Å². The maximum atomic E-state index is 12.9. The molecule has 0 radical (unpaired) electrons. The zero-order valence-corrected chi connectivity index (χ0v) is 8.41. The quantitative estimate of drug-likeness (QED) is 0.395. The summed E-state index contributed by atoms with van der Waals surface area (Å²) in [6.45, 7) is 5.44. The van der Waals surface area contributed by atoms with Crippen LogP contribution in [0.3, 0.4) is 0 Å². The number of hydrogen-bond donors (Lipinski definition) is 1. The maximum Gasteiger partial charge on any atom is 0.241 e. The normalized spacial score (nSPS) is 11.3. The van der Waals surface area contributed by atoms with Gasteiger partial charge in [0.15, 0.2) is 0 Å². The van der Waals surface area contributed by atoms with Crippen LogP contribution < -0.4 is 5.32 Å². The van der Waals surface area contributed by atoms with Gasteiger partial charge in [-0.3, -0.25) is 4.79 Å². The predicted octanol–water partition coefficient (Wildman–Crippen LogP) is 1.69. The first-order chi connectivity index (χ1) is 4.92. The largest absolute Gasteiger partial charge is 0.356 e. The fourth-order valence-electron chi connectivity index (χ4n) is 0.773. The Balaban J connectivity index is 3.22. The van der Waals surface area contributed by atoms with Crippen LogP contribution in [0, 0.1) is 0 Å². The van der Waals surface area contributed by atoms with Gasteiger partial charge in [-0.25, -0.2) is 0 Å². The molecule has 0 heterocycles. The molecule has 0 aliphatic rings. The smallest absolute Gasteiger partial charge is 0.241 e. The highest BCUT2D eigenvalue weighted by Crippen LogP contribution is 2.11. The third kappa shape index (κ3) is 9.62. The third-order valence-electron chi connectivity index (χ3n) is 1.32. The third-order valence-corrected chi connectivity index (χ3v) is 2.86. The van der Waals surface area contributed by atoms with Crippen molar-refractivity contribution < 1.29 is 8.90 Å². The Morgan fingerprint density at radius 1 is 1.55 bits per heavy atom. The molecule has 11 heavy (non-hydrogen) atoms. The lowest BCUT2D eigenvalue weighted by Gasteiger charge is -2.09. The van der Waals surface area contributed by atoms with E-state index in [1.54, 1.807) is 13.1 Å². The van der Waals surface area contributed by atoms with Crippen molar-refractivity contribution in [3.63, 3.8) is 0 Å². The SMILES string of the molecule is CC(=O)NCCC[Si](C)(C)F. The fourth-order valence-corrected chi connectivity index (χ4v) is 1.79. The zero-order valence-electron chi connectivity index (χ0n) is 7.41. The Morgan fingerprint density at radius 2 is 2.09 bits per heavy atom. The van der Waals surface area contributed by atoms with Crippen molar-refractivity contribution in [3.05, 3.63) is 0 Å². The Kier molecular flexibility index (Phi) is 4.33. The minimum Gasteiger partial charge on any atom is -0.356 e. The molecule has 0 saturated carbocycles. The van der Waals surface area contributed by atoms with Crippen molar-refractivity contribution >= 4 is 14.3 Å². The van der Waals surface area contributed by atoms with E-state index in [1.165, 1.54) is 6.92 Å². The molecule has 0 aliphatic carbocycles. The molecule has 1 N–H and O–H groups in total. The Bertz CT molecular complexity index is 133. The number of rotatable bonds is 4. The second-order valence-electron chi connectivity index (χ2n) is 3.31. The molecule has 0 aliphatic heterocycles. The van der Waals surface area contributed by atoms with Gasteiger partial charge in [-0.05, 0) is 25.6 Å². The number of hydrogen-bond acceptors (Lipinski definition) is 1. The number of halogens is 1. The van der Waals surface area contributed by atoms with E-state index in [0.717, 1.165) is 6.42 Å². The molecule has 0 aromatic heterocycles. The molecular weight excluding hydrogens is 161 g/mol. The van der Waals surface area contributed by atoms with Crippen molar-refractivity contribution in [1.82, 2.24) is 5.32 Å². The molecule has 0 aromatic rings. The van der Waals surface area contributed by atoms with E-state index >= 15 is 0 Å². The minimum atomic E-state index is -2.38. The molecule has 1 amide bonds. The van der Waals surface area contributed by atoms with E-state index < -0.39 is 8.41 Å². The molecule has 0 bridgehead atoms. The monoisotopic (exact) mass is 177 g/mol. The lowest BCUT2D eigenvalue weighted by atomic mass is 10.5. The molecule has 4 heteroatoms. The summed E-state index contributed by atoms with van der Waals surface area (Å²) in [5.74, 6) is -0.0386. The van der Waals surface area contributed by atoms with Gasteiger partial charge in [-0.15, -0.1) is 0 Å². The van der Waals surface area contributed by atoms with E-state index in [2.05, 4.69) is 5.32 Å². The van der Waals surface area contributed by atoms with Gasteiger partial charge in [0.1, 0.15) is 0 Å². The zero-order chi connectivity index (χ0) is 8.91. The van der Waals surface area contributed by atoms with Crippen LogP contribution in [-0.4, -0.2) is 20.9 Å². The summed E-state index contributed by atoms with van der Waals surface area (Å²) in [5.41, 5.74) is 0. The summed E-state index contributed by atoms with van der Waals surface area (Å²) in [6.07, 6.45) is 0.759. The predicted molar refractivity (Wildman–Crippen MR) is 46.7 cm³/mol. The minimum absolute atomic E-state index is 0.0386. The topological polar surface area (TPSA) is 29.1 Å². The summed E-state index contributed by atoms with van der Waals surface area (Å²) in [7, 11) is -2.38. The first-order valence-corrected chi connectivity index (χ1v) is 6.94. The van der Waals surface area contributed by atoms with E-state index in [-0.39, 0.29) is 5.91 Å². The van der Waals surface area contributed by atoms with Gasteiger partial charge in [-0.1, -0.05) is 0 Å². The van der Waals surface area contributed by atoms with Crippen LogP contribution in [0.5, 0.6) is 0 Å². The molecule has 0 saturated heterocycles. The summed E-state index contributed by atoms with van der Waals surface area (Å²) < 4.78 is 12.9. The molecule has 66 valence electrons.